The van der Waals surface area contributed by atoms with Crippen LogP contribution < -0.4 is 0 Å². The highest BCUT2D eigenvalue weighted by Crippen LogP contribution is 2.35. The lowest BCUT2D eigenvalue weighted by Crippen LogP contribution is -2.20. The number of aliphatic hydroxyl groups excluding tert-OH is 1. The predicted octanol–water partition coefficient (Wildman–Crippen LogP) is 0.904. The van der Waals surface area contributed by atoms with Gasteiger partial charge in [0.2, 0.25) is 0 Å². The molecule has 0 aromatic carbocycles. The Kier molecular flexibility index (Phi) is 1.65. The van der Waals surface area contributed by atoms with E-state index in [1.807, 2.05) is 13.8 Å². The van der Waals surface area contributed by atoms with Crippen molar-refractivity contribution in [2.24, 2.45) is 5.41 Å². The fraction of sp³-hybridized carbons (Fsp3) is 0.625. The quantitative estimate of drug-likeness (QED) is 0.587. The highest BCUT2D eigenvalue weighted by molar-refractivity contribution is 5.94. The Morgan fingerprint density at radius 2 is 2.40 bits per heavy atom. The largest absolute Gasteiger partial charge is 0.395 e. The Morgan fingerprint density at radius 1 is 1.80 bits per heavy atom. The first kappa shape index (κ1) is 7.48. The summed E-state index contributed by atoms with van der Waals surface area (Å²) in [6.45, 7) is 3.87. The normalized spacial score (nSPS) is 32.7. The van der Waals surface area contributed by atoms with Crippen LogP contribution in [0, 0.1) is 5.41 Å². The molecule has 0 spiro atoms. The Hall–Kier alpha value is -0.630. The van der Waals surface area contributed by atoms with Gasteiger partial charge in [-0.25, -0.2) is 0 Å². The lowest BCUT2D eigenvalue weighted by molar-refractivity contribution is -0.115. The van der Waals surface area contributed by atoms with Gasteiger partial charge in [0.05, 0.1) is 6.61 Å². The van der Waals surface area contributed by atoms with Gasteiger partial charge in [0, 0.05) is 11.8 Å². The van der Waals surface area contributed by atoms with Gasteiger partial charge in [-0.05, 0) is 13.0 Å². The summed E-state index contributed by atoms with van der Waals surface area (Å²) in [6, 6.07) is 0. The Balaban J connectivity index is 2.86. The van der Waals surface area contributed by atoms with Crippen LogP contribution in [-0.2, 0) is 4.79 Å². The van der Waals surface area contributed by atoms with Crippen molar-refractivity contribution >= 4 is 5.78 Å². The van der Waals surface area contributed by atoms with Gasteiger partial charge in [0.15, 0.2) is 5.78 Å². The maximum Gasteiger partial charge on any atom is 0.156 e. The molecule has 0 aromatic heterocycles. The smallest absolute Gasteiger partial charge is 0.156 e. The number of hydrogen-bond donors (Lipinski definition) is 1. The summed E-state index contributed by atoms with van der Waals surface area (Å²) < 4.78 is 0. The maximum absolute atomic E-state index is 10.8. The third kappa shape index (κ3) is 0.991. The molecule has 0 heterocycles. The summed E-state index contributed by atoms with van der Waals surface area (Å²) in [6.07, 6.45) is 2.09. The zero-order chi connectivity index (χ0) is 7.78. The summed E-state index contributed by atoms with van der Waals surface area (Å²) in [4.78, 5) is 10.8. The van der Waals surface area contributed by atoms with E-state index in [2.05, 4.69) is 0 Å². The molecule has 56 valence electrons. The van der Waals surface area contributed by atoms with Gasteiger partial charge in [-0.2, -0.15) is 0 Å². The average Bonchev–Trinajstić information content (AvgIpc) is 2.09. The number of allylic oxidation sites excluding steroid dienone is 1. The van der Waals surface area contributed by atoms with Crippen LogP contribution in [0.5, 0.6) is 0 Å². The summed E-state index contributed by atoms with van der Waals surface area (Å²) in [5.74, 6) is 0.133. The number of hydrogen-bond acceptors (Lipinski definition) is 2. The summed E-state index contributed by atoms with van der Waals surface area (Å²) in [5.41, 5.74) is 0.733. The molecule has 0 bridgehead atoms. The van der Waals surface area contributed by atoms with Crippen LogP contribution in [0.25, 0.3) is 0 Å². The fourth-order valence-corrected chi connectivity index (χ4v) is 1.17. The molecule has 0 amide bonds. The van der Waals surface area contributed by atoms with Crippen LogP contribution in [0.15, 0.2) is 11.6 Å². The first-order chi connectivity index (χ1) is 4.58. The molecule has 0 saturated carbocycles. The summed E-state index contributed by atoms with van der Waals surface area (Å²) in [7, 11) is 0. The van der Waals surface area contributed by atoms with E-state index < -0.39 is 0 Å². The number of rotatable bonds is 1. The van der Waals surface area contributed by atoms with Gasteiger partial charge in [-0.1, -0.05) is 12.5 Å². The topological polar surface area (TPSA) is 37.3 Å². The highest BCUT2D eigenvalue weighted by Gasteiger charge is 2.33. The number of carbonyl (C=O) groups excluding carboxylic acids is 1. The van der Waals surface area contributed by atoms with Crippen molar-refractivity contribution in [2.45, 2.75) is 20.3 Å². The molecule has 1 aliphatic rings. The minimum atomic E-state index is -0.267. The molecule has 0 aliphatic heterocycles. The van der Waals surface area contributed by atoms with E-state index in [1.165, 1.54) is 0 Å². The minimum absolute atomic E-state index is 0.0705. The molecule has 1 atom stereocenters. The van der Waals surface area contributed by atoms with Crippen LogP contribution >= 0.6 is 0 Å². The fourth-order valence-electron chi connectivity index (χ4n) is 1.17. The van der Waals surface area contributed by atoms with E-state index in [4.69, 9.17) is 5.11 Å². The molecule has 2 heteroatoms. The molecule has 10 heavy (non-hydrogen) atoms. The second kappa shape index (κ2) is 2.20. The molecule has 1 N–H and O–H groups in total. The molecule has 1 aliphatic carbocycles. The van der Waals surface area contributed by atoms with Gasteiger partial charge < -0.3 is 5.11 Å². The zero-order valence-corrected chi connectivity index (χ0v) is 6.35. The minimum Gasteiger partial charge on any atom is -0.395 e. The number of ketones is 1. The van der Waals surface area contributed by atoms with Crippen LogP contribution in [0.4, 0.5) is 0 Å². The Morgan fingerprint density at radius 3 is 2.60 bits per heavy atom. The van der Waals surface area contributed by atoms with Crippen LogP contribution in [0.2, 0.25) is 0 Å². The van der Waals surface area contributed by atoms with Crippen molar-refractivity contribution in [3.05, 3.63) is 11.6 Å². The van der Waals surface area contributed by atoms with Crippen molar-refractivity contribution in [3.63, 3.8) is 0 Å². The van der Waals surface area contributed by atoms with Gasteiger partial charge in [-0.15, -0.1) is 0 Å². The van der Waals surface area contributed by atoms with Crippen molar-refractivity contribution in [1.82, 2.24) is 0 Å². The molecule has 1 rings (SSSR count). The third-order valence-electron chi connectivity index (χ3n) is 2.24. The molecule has 0 saturated heterocycles. The second-order valence-electron chi connectivity index (χ2n) is 3.19. The first-order valence-electron chi connectivity index (χ1n) is 3.41. The van der Waals surface area contributed by atoms with E-state index in [1.54, 1.807) is 6.08 Å². The molecule has 0 aromatic rings. The average molecular weight is 140 g/mol. The first-order valence-corrected chi connectivity index (χ1v) is 3.41. The van der Waals surface area contributed by atoms with Gasteiger partial charge in [0.1, 0.15) is 0 Å². The summed E-state index contributed by atoms with van der Waals surface area (Å²) >= 11 is 0. The highest BCUT2D eigenvalue weighted by atomic mass is 16.3. The van der Waals surface area contributed by atoms with Crippen LogP contribution in [0.3, 0.4) is 0 Å². The van der Waals surface area contributed by atoms with Crippen molar-refractivity contribution in [3.8, 4) is 0 Å². The van der Waals surface area contributed by atoms with Crippen LogP contribution in [0.1, 0.15) is 20.3 Å². The molecule has 0 fully saturated rings. The van der Waals surface area contributed by atoms with E-state index >= 15 is 0 Å². The van der Waals surface area contributed by atoms with Crippen molar-refractivity contribution in [2.75, 3.05) is 6.61 Å². The second-order valence-corrected chi connectivity index (χ2v) is 3.19. The Bertz CT molecular complexity index is 193. The summed E-state index contributed by atoms with van der Waals surface area (Å²) in [5, 5.41) is 8.92. The monoisotopic (exact) mass is 140 g/mol. The predicted molar refractivity (Wildman–Crippen MR) is 38.6 cm³/mol. The van der Waals surface area contributed by atoms with E-state index in [0.29, 0.717) is 6.42 Å². The number of aliphatic hydroxyl groups is 1. The molecular weight excluding hydrogens is 128 g/mol. The third-order valence-corrected chi connectivity index (χ3v) is 2.24. The maximum atomic E-state index is 10.8. The van der Waals surface area contributed by atoms with E-state index in [9.17, 15) is 4.79 Å². The van der Waals surface area contributed by atoms with Crippen LogP contribution in [-0.4, -0.2) is 17.5 Å². The molecular formula is C8H12O2. The van der Waals surface area contributed by atoms with Gasteiger partial charge in [0.25, 0.3) is 0 Å². The molecule has 2 nitrogen and oxygen atoms in total. The van der Waals surface area contributed by atoms with E-state index in [-0.39, 0.29) is 17.8 Å². The zero-order valence-electron chi connectivity index (χ0n) is 6.35. The lowest BCUT2D eigenvalue weighted by Gasteiger charge is -2.21. The van der Waals surface area contributed by atoms with Crippen molar-refractivity contribution in [1.29, 1.82) is 0 Å². The van der Waals surface area contributed by atoms with Crippen molar-refractivity contribution < 1.29 is 9.90 Å². The van der Waals surface area contributed by atoms with Gasteiger partial charge >= 0.3 is 0 Å². The molecule has 1 unspecified atom stereocenters. The number of carbonyl (C=O) groups is 1. The standard InChI is InChI=1S/C8H12O2/c1-6-3-7(10)4-8(6,2)5-9/h3,9H,4-5H2,1-2H3. The SMILES string of the molecule is CC1=CC(=O)CC1(C)CO. The van der Waals surface area contributed by atoms with Gasteiger partial charge in [-0.3, -0.25) is 4.79 Å². The van der Waals surface area contributed by atoms with E-state index in [0.717, 1.165) is 5.57 Å². The Labute approximate surface area is 60.6 Å². The molecule has 0 radical (unpaired) electrons. The lowest BCUT2D eigenvalue weighted by atomic mass is 9.85.